The highest BCUT2D eigenvalue weighted by molar-refractivity contribution is 5.97. The highest BCUT2D eigenvalue weighted by atomic mass is 16.5. The molecule has 7 heteroatoms. The molecule has 0 aromatic heterocycles. The highest BCUT2D eigenvalue weighted by Crippen LogP contribution is 2.05. The Morgan fingerprint density at radius 2 is 1.46 bits per heavy atom. The van der Waals surface area contributed by atoms with E-state index in [-0.39, 0.29) is 0 Å². The standard InChI is InChI=1S/C21H20N4O3/c1-14(22)19(21(27)25-28)24-20(26)17-10-6-15(7-11-17)4-2-3-5-16-8-12-18(23)13-9-16/h6-14,19,28H,22-23H2,1H3,(H,24,26)(H,25,27)/t14-,19-/m1/s1. The third-order valence-corrected chi connectivity index (χ3v) is 3.74. The highest BCUT2D eigenvalue weighted by Gasteiger charge is 2.24. The van der Waals surface area contributed by atoms with Crippen LogP contribution in [-0.2, 0) is 4.79 Å². The molecule has 0 fully saturated rings. The van der Waals surface area contributed by atoms with Crippen LogP contribution in [0.3, 0.4) is 0 Å². The Bertz CT molecular complexity index is 959. The monoisotopic (exact) mass is 376 g/mol. The van der Waals surface area contributed by atoms with Gasteiger partial charge in [0.2, 0.25) is 0 Å². The molecule has 2 rings (SSSR count). The predicted molar refractivity (Wildman–Crippen MR) is 106 cm³/mol. The lowest BCUT2D eigenvalue weighted by atomic mass is 10.1. The minimum Gasteiger partial charge on any atom is -0.399 e. The summed E-state index contributed by atoms with van der Waals surface area (Å²) in [7, 11) is 0. The molecule has 0 unspecified atom stereocenters. The molecule has 0 saturated heterocycles. The SMILES string of the molecule is C[C@@H](N)[C@@H](NC(=O)c1ccc(C#CC#Cc2ccc(N)cc2)cc1)C(=O)NO. The van der Waals surface area contributed by atoms with Crippen LogP contribution in [-0.4, -0.2) is 29.1 Å². The molecule has 2 amide bonds. The minimum atomic E-state index is -1.06. The summed E-state index contributed by atoms with van der Waals surface area (Å²) in [4.78, 5) is 23.8. The second-order valence-corrected chi connectivity index (χ2v) is 5.99. The number of anilines is 1. The fourth-order valence-electron chi connectivity index (χ4n) is 2.21. The van der Waals surface area contributed by atoms with Crippen LogP contribution in [0.4, 0.5) is 5.69 Å². The van der Waals surface area contributed by atoms with Crippen LogP contribution >= 0.6 is 0 Å². The van der Waals surface area contributed by atoms with E-state index in [4.69, 9.17) is 16.7 Å². The summed E-state index contributed by atoms with van der Waals surface area (Å²) in [5.74, 6) is 10.0. The van der Waals surface area contributed by atoms with Crippen LogP contribution in [0, 0.1) is 23.7 Å². The van der Waals surface area contributed by atoms with Gasteiger partial charge in [0.15, 0.2) is 0 Å². The first kappa shape index (κ1) is 20.5. The van der Waals surface area contributed by atoms with Crippen LogP contribution in [0.15, 0.2) is 48.5 Å². The fraction of sp³-hybridized carbons (Fsp3) is 0.143. The summed E-state index contributed by atoms with van der Waals surface area (Å²) in [6.45, 7) is 1.55. The van der Waals surface area contributed by atoms with Gasteiger partial charge in [-0.2, -0.15) is 0 Å². The number of hydrogen-bond acceptors (Lipinski definition) is 5. The molecule has 0 aliphatic rings. The Hall–Kier alpha value is -3.78. The predicted octanol–water partition coefficient (Wildman–Crippen LogP) is 0.623. The van der Waals surface area contributed by atoms with Gasteiger partial charge in [-0.05, 0) is 67.3 Å². The van der Waals surface area contributed by atoms with E-state index in [9.17, 15) is 9.59 Å². The first-order valence-corrected chi connectivity index (χ1v) is 8.38. The van der Waals surface area contributed by atoms with Gasteiger partial charge in [0, 0.05) is 28.4 Å². The maximum atomic E-state index is 12.2. The molecule has 0 aliphatic carbocycles. The zero-order valence-corrected chi connectivity index (χ0v) is 15.2. The zero-order valence-electron chi connectivity index (χ0n) is 15.2. The van der Waals surface area contributed by atoms with Crippen molar-refractivity contribution in [2.75, 3.05) is 5.73 Å². The quantitative estimate of drug-likeness (QED) is 0.231. The molecule has 0 radical (unpaired) electrons. The van der Waals surface area contributed by atoms with E-state index in [1.165, 1.54) is 5.48 Å². The minimum absolute atomic E-state index is 0.329. The Kier molecular flexibility index (Phi) is 7.18. The van der Waals surface area contributed by atoms with Gasteiger partial charge in [0.1, 0.15) is 6.04 Å². The molecule has 0 bridgehead atoms. The molecule has 7 N–H and O–H groups in total. The zero-order chi connectivity index (χ0) is 20.5. The molecule has 2 aromatic rings. The second kappa shape index (κ2) is 9.79. The van der Waals surface area contributed by atoms with Crippen molar-refractivity contribution in [2.45, 2.75) is 19.0 Å². The Morgan fingerprint density at radius 3 is 1.93 bits per heavy atom. The van der Waals surface area contributed by atoms with Gasteiger partial charge in [0.05, 0.1) is 0 Å². The number of amides is 2. The number of benzene rings is 2. The molecule has 0 aliphatic heterocycles. The van der Waals surface area contributed by atoms with Crippen LogP contribution in [0.25, 0.3) is 0 Å². The Labute approximate surface area is 163 Å². The molecule has 0 saturated carbocycles. The van der Waals surface area contributed by atoms with E-state index in [0.717, 1.165) is 5.56 Å². The summed E-state index contributed by atoms with van der Waals surface area (Å²) in [5.41, 5.74) is 15.2. The topological polar surface area (TPSA) is 130 Å². The Morgan fingerprint density at radius 1 is 0.964 bits per heavy atom. The normalized spacial score (nSPS) is 11.7. The van der Waals surface area contributed by atoms with E-state index >= 15 is 0 Å². The lowest BCUT2D eigenvalue weighted by molar-refractivity contribution is -0.131. The smallest absolute Gasteiger partial charge is 0.267 e. The number of nitrogens with two attached hydrogens (primary N) is 2. The van der Waals surface area contributed by atoms with Crippen LogP contribution in [0.1, 0.15) is 28.4 Å². The third kappa shape index (κ3) is 5.89. The number of hydrogen-bond donors (Lipinski definition) is 5. The average Bonchev–Trinajstić information content (AvgIpc) is 2.70. The first-order chi connectivity index (χ1) is 13.4. The molecular formula is C21H20N4O3. The number of rotatable bonds is 4. The number of carbonyl (C=O) groups is 2. The van der Waals surface area contributed by atoms with Gasteiger partial charge in [-0.1, -0.05) is 11.8 Å². The molecular weight excluding hydrogens is 356 g/mol. The molecule has 2 aromatic carbocycles. The van der Waals surface area contributed by atoms with Crippen molar-refractivity contribution in [3.05, 3.63) is 65.2 Å². The lowest BCUT2D eigenvalue weighted by Gasteiger charge is -2.19. The van der Waals surface area contributed by atoms with E-state index < -0.39 is 23.9 Å². The van der Waals surface area contributed by atoms with Crippen LogP contribution < -0.4 is 22.3 Å². The largest absolute Gasteiger partial charge is 0.399 e. The summed E-state index contributed by atoms with van der Waals surface area (Å²) < 4.78 is 0. The van der Waals surface area contributed by atoms with E-state index in [2.05, 4.69) is 29.0 Å². The fourth-order valence-corrected chi connectivity index (χ4v) is 2.21. The summed E-state index contributed by atoms with van der Waals surface area (Å²) in [6.07, 6.45) is 0. The van der Waals surface area contributed by atoms with Crippen molar-refractivity contribution in [1.82, 2.24) is 10.8 Å². The Balaban J connectivity index is 2.03. The first-order valence-electron chi connectivity index (χ1n) is 8.38. The number of nitrogen functional groups attached to an aromatic ring is 1. The maximum absolute atomic E-state index is 12.2. The molecule has 28 heavy (non-hydrogen) atoms. The number of hydroxylamine groups is 1. The van der Waals surface area contributed by atoms with Gasteiger partial charge < -0.3 is 16.8 Å². The van der Waals surface area contributed by atoms with E-state index in [0.29, 0.717) is 16.8 Å². The van der Waals surface area contributed by atoms with E-state index in [1.807, 2.05) is 12.1 Å². The van der Waals surface area contributed by atoms with Crippen molar-refractivity contribution < 1.29 is 14.8 Å². The van der Waals surface area contributed by atoms with Crippen molar-refractivity contribution >= 4 is 17.5 Å². The number of carbonyl (C=O) groups excluding carboxylic acids is 2. The van der Waals surface area contributed by atoms with Crippen molar-refractivity contribution in [1.29, 1.82) is 0 Å². The maximum Gasteiger partial charge on any atom is 0.267 e. The second-order valence-electron chi connectivity index (χ2n) is 5.99. The van der Waals surface area contributed by atoms with Crippen LogP contribution in [0.5, 0.6) is 0 Å². The molecule has 7 nitrogen and oxygen atoms in total. The van der Waals surface area contributed by atoms with E-state index in [1.54, 1.807) is 43.3 Å². The summed E-state index contributed by atoms with van der Waals surface area (Å²) in [5, 5.41) is 11.2. The van der Waals surface area contributed by atoms with Crippen molar-refractivity contribution in [2.24, 2.45) is 5.73 Å². The summed E-state index contributed by atoms with van der Waals surface area (Å²) in [6, 6.07) is 11.9. The van der Waals surface area contributed by atoms with Crippen molar-refractivity contribution in [3.8, 4) is 23.7 Å². The third-order valence-electron chi connectivity index (χ3n) is 3.74. The van der Waals surface area contributed by atoms with Gasteiger partial charge in [-0.15, -0.1) is 0 Å². The van der Waals surface area contributed by atoms with Crippen molar-refractivity contribution in [3.63, 3.8) is 0 Å². The number of nitrogens with one attached hydrogen (secondary N) is 2. The van der Waals surface area contributed by atoms with Gasteiger partial charge in [0.25, 0.3) is 11.8 Å². The lowest BCUT2D eigenvalue weighted by Crippen LogP contribution is -2.54. The van der Waals surface area contributed by atoms with Crippen LogP contribution in [0.2, 0.25) is 0 Å². The average molecular weight is 376 g/mol. The van der Waals surface area contributed by atoms with Gasteiger partial charge in [-0.25, -0.2) is 5.48 Å². The molecule has 0 spiro atoms. The summed E-state index contributed by atoms with van der Waals surface area (Å²) >= 11 is 0. The van der Waals surface area contributed by atoms with Gasteiger partial charge >= 0.3 is 0 Å². The van der Waals surface area contributed by atoms with Gasteiger partial charge in [-0.3, -0.25) is 14.8 Å². The molecule has 2 atom stereocenters. The molecule has 142 valence electrons. The molecule has 0 heterocycles.